The van der Waals surface area contributed by atoms with E-state index in [1.807, 2.05) is 0 Å². The van der Waals surface area contributed by atoms with Gasteiger partial charge in [-0.1, -0.05) is 41.5 Å². The summed E-state index contributed by atoms with van der Waals surface area (Å²) >= 11 is 0. The van der Waals surface area contributed by atoms with Gasteiger partial charge in [0, 0.05) is 5.41 Å². The van der Waals surface area contributed by atoms with Gasteiger partial charge in [-0.25, -0.2) is 4.79 Å². The van der Waals surface area contributed by atoms with Gasteiger partial charge in [-0.3, -0.25) is 0 Å². The lowest BCUT2D eigenvalue weighted by molar-refractivity contribution is -0.883. The summed E-state index contributed by atoms with van der Waals surface area (Å²) < 4.78 is 13.2. The monoisotopic (exact) mass is 420 g/mol. The molecule has 0 aromatic carbocycles. The number of rotatable bonds is 7. The van der Waals surface area contributed by atoms with E-state index in [0.717, 1.165) is 25.5 Å². The third kappa shape index (κ3) is 3.18. The highest BCUT2D eigenvalue weighted by molar-refractivity contribution is 5.71. The van der Waals surface area contributed by atoms with E-state index in [4.69, 9.17) is 9.47 Å². The van der Waals surface area contributed by atoms with Crippen molar-refractivity contribution in [3.8, 4) is 0 Å². The number of fused-ring (bicyclic) bond motifs is 4. The molecule has 6 atom stereocenters. The Hall–Kier alpha value is -0.610. The van der Waals surface area contributed by atoms with Crippen LogP contribution in [-0.2, 0) is 14.3 Å². The second-order valence-electron chi connectivity index (χ2n) is 13.4. The largest absolute Gasteiger partial charge is 0.458 e. The Bertz CT molecular complexity index is 698. The fraction of sp³-hybridized carbons (Fsp3) is 0.962. The molecular weight excluding hydrogens is 374 g/mol. The molecule has 4 aliphatic rings. The summed E-state index contributed by atoms with van der Waals surface area (Å²) in [4.78, 5) is 12.8. The van der Waals surface area contributed by atoms with Crippen molar-refractivity contribution in [2.24, 2.45) is 33.5 Å². The molecule has 4 fully saturated rings. The lowest BCUT2D eigenvalue weighted by Gasteiger charge is -2.40. The first-order valence-electron chi connectivity index (χ1n) is 12.4. The number of hydrogen-bond donors (Lipinski definition) is 0. The van der Waals surface area contributed by atoms with Crippen LogP contribution in [0.1, 0.15) is 80.1 Å². The number of esters is 1. The predicted octanol–water partition coefficient (Wildman–Crippen LogP) is 5.05. The molecule has 30 heavy (non-hydrogen) atoms. The molecule has 0 aliphatic heterocycles. The van der Waals surface area contributed by atoms with Gasteiger partial charge < -0.3 is 14.0 Å². The third-order valence-corrected chi connectivity index (χ3v) is 11.3. The van der Waals surface area contributed by atoms with E-state index in [9.17, 15) is 4.79 Å². The topological polar surface area (TPSA) is 35.5 Å². The van der Waals surface area contributed by atoms with Gasteiger partial charge in [0.15, 0.2) is 6.54 Å². The van der Waals surface area contributed by atoms with Crippen LogP contribution in [0.15, 0.2) is 0 Å². The highest BCUT2D eigenvalue weighted by atomic mass is 16.5. The molecule has 0 radical (unpaired) electrons. The van der Waals surface area contributed by atoms with Crippen LogP contribution in [-0.4, -0.2) is 56.5 Å². The second kappa shape index (κ2) is 6.94. The number of carbonyl (C=O) groups is 1. The number of ether oxygens (including phenoxy) is 2. The molecule has 0 aromatic heterocycles. The molecule has 0 heterocycles. The van der Waals surface area contributed by atoms with E-state index >= 15 is 0 Å². The summed E-state index contributed by atoms with van der Waals surface area (Å²) in [6.45, 7) is 16.4. The Morgan fingerprint density at radius 3 is 1.80 bits per heavy atom. The molecule has 0 unspecified atom stereocenters. The van der Waals surface area contributed by atoms with Crippen LogP contribution >= 0.6 is 0 Å². The fourth-order valence-electron chi connectivity index (χ4n) is 7.76. The smallest absolute Gasteiger partial charge is 0.362 e. The van der Waals surface area contributed by atoms with Crippen LogP contribution in [0.2, 0.25) is 0 Å². The summed E-state index contributed by atoms with van der Waals surface area (Å²) in [5.74, 6) is 1.46. The lowest BCUT2D eigenvalue weighted by Crippen LogP contribution is -2.49. The maximum atomic E-state index is 12.8. The first-order chi connectivity index (χ1) is 13.7. The second-order valence-corrected chi connectivity index (χ2v) is 13.4. The standard InChI is InChI=1S/C26H46NO3/c1-23(2)18-9-11-25(23,5)20(15-18)29-14-13-27(7,8)17-22(28)30-21-16-19-10-12-26(21,6)24(19,3)4/h18-21H,9-17H2,1-8H3/q+1/t18-,19+,20-,21-,25+,26+/m1/s1. The highest BCUT2D eigenvalue weighted by Crippen LogP contribution is 2.67. The molecule has 0 N–H and O–H groups in total. The van der Waals surface area contributed by atoms with Crippen molar-refractivity contribution in [3.63, 3.8) is 0 Å². The number of quaternary nitrogens is 1. The lowest BCUT2D eigenvalue weighted by atomic mass is 9.70. The first-order valence-corrected chi connectivity index (χ1v) is 12.4. The quantitative estimate of drug-likeness (QED) is 0.427. The van der Waals surface area contributed by atoms with E-state index in [1.165, 1.54) is 32.1 Å². The average molecular weight is 421 g/mol. The summed E-state index contributed by atoms with van der Waals surface area (Å²) in [5.41, 5.74) is 1.10. The molecule has 4 bridgehead atoms. The van der Waals surface area contributed by atoms with Gasteiger partial charge in [0.2, 0.25) is 0 Å². The molecular formula is C26H46NO3+. The van der Waals surface area contributed by atoms with E-state index in [1.54, 1.807) is 0 Å². The van der Waals surface area contributed by atoms with Crippen molar-refractivity contribution >= 4 is 5.97 Å². The molecule has 4 rings (SSSR count). The molecule has 0 amide bonds. The van der Waals surface area contributed by atoms with Gasteiger partial charge in [0.1, 0.15) is 12.6 Å². The number of likely N-dealkylation sites (N-methyl/N-ethyl adjacent to an activating group) is 1. The summed E-state index contributed by atoms with van der Waals surface area (Å²) in [5, 5.41) is 0. The van der Waals surface area contributed by atoms with Gasteiger partial charge in [0.25, 0.3) is 0 Å². The Morgan fingerprint density at radius 1 is 0.867 bits per heavy atom. The molecule has 0 aromatic rings. The highest BCUT2D eigenvalue weighted by Gasteiger charge is 2.63. The average Bonchev–Trinajstić information content (AvgIpc) is 3.13. The van der Waals surface area contributed by atoms with Crippen LogP contribution in [0.4, 0.5) is 0 Å². The number of nitrogens with zero attached hydrogens (tertiary/aromatic N) is 1. The molecule has 4 nitrogen and oxygen atoms in total. The maximum Gasteiger partial charge on any atom is 0.362 e. The molecule has 4 heteroatoms. The van der Waals surface area contributed by atoms with Crippen LogP contribution in [0, 0.1) is 33.5 Å². The van der Waals surface area contributed by atoms with Gasteiger partial charge in [-0.15, -0.1) is 0 Å². The van der Waals surface area contributed by atoms with Crippen molar-refractivity contribution in [3.05, 3.63) is 0 Å². The van der Waals surface area contributed by atoms with Crippen molar-refractivity contribution in [2.75, 3.05) is 33.8 Å². The maximum absolute atomic E-state index is 12.8. The van der Waals surface area contributed by atoms with E-state index in [2.05, 4.69) is 55.6 Å². The van der Waals surface area contributed by atoms with Crippen molar-refractivity contribution in [1.29, 1.82) is 0 Å². The summed E-state index contributed by atoms with van der Waals surface area (Å²) in [6, 6.07) is 0. The van der Waals surface area contributed by atoms with Crippen LogP contribution in [0.3, 0.4) is 0 Å². The van der Waals surface area contributed by atoms with Crippen molar-refractivity contribution < 1.29 is 18.8 Å². The zero-order chi connectivity index (χ0) is 22.2. The Balaban J connectivity index is 1.26. The fourth-order valence-corrected chi connectivity index (χ4v) is 7.76. The molecule has 0 saturated heterocycles. The number of hydrogen-bond acceptors (Lipinski definition) is 3. The minimum atomic E-state index is -0.0393. The van der Waals surface area contributed by atoms with E-state index < -0.39 is 0 Å². The number of carbonyl (C=O) groups excluding carboxylic acids is 1. The van der Waals surface area contributed by atoms with Gasteiger partial charge >= 0.3 is 5.97 Å². The van der Waals surface area contributed by atoms with E-state index in [0.29, 0.717) is 33.9 Å². The van der Waals surface area contributed by atoms with Gasteiger partial charge in [0.05, 0.1) is 26.8 Å². The Labute approximate surface area is 184 Å². The van der Waals surface area contributed by atoms with Gasteiger partial charge in [-0.2, -0.15) is 0 Å². The Kier molecular flexibility index (Phi) is 5.22. The molecule has 0 spiro atoms. The molecule has 4 aliphatic carbocycles. The van der Waals surface area contributed by atoms with Gasteiger partial charge in [-0.05, 0) is 66.6 Å². The van der Waals surface area contributed by atoms with E-state index in [-0.39, 0.29) is 22.9 Å². The first kappa shape index (κ1) is 22.6. The molecule has 4 saturated carbocycles. The van der Waals surface area contributed by atoms with Crippen LogP contribution < -0.4 is 0 Å². The van der Waals surface area contributed by atoms with Crippen molar-refractivity contribution in [1.82, 2.24) is 0 Å². The zero-order valence-electron chi connectivity index (χ0n) is 20.8. The summed E-state index contributed by atoms with van der Waals surface area (Å²) in [7, 11) is 4.26. The SMILES string of the molecule is CC1(C)[C@@H]2CC[C@@]1(C)[C@H](OCC[N+](C)(C)CC(=O)O[C@@H]1C[C@@H]3CC[C@]1(C)C3(C)C)C2. The minimum Gasteiger partial charge on any atom is -0.458 e. The third-order valence-electron chi connectivity index (χ3n) is 11.3. The minimum absolute atomic E-state index is 0.0393. The van der Waals surface area contributed by atoms with Crippen molar-refractivity contribution in [2.45, 2.75) is 92.3 Å². The van der Waals surface area contributed by atoms with Crippen LogP contribution in [0.25, 0.3) is 0 Å². The summed E-state index contributed by atoms with van der Waals surface area (Å²) in [6.07, 6.45) is 7.83. The normalized spacial score (nSPS) is 43.3. The predicted molar refractivity (Wildman–Crippen MR) is 120 cm³/mol. The Morgan fingerprint density at radius 2 is 1.37 bits per heavy atom. The molecule has 172 valence electrons. The van der Waals surface area contributed by atoms with Crippen LogP contribution in [0.5, 0.6) is 0 Å². The zero-order valence-corrected chi connectivity index (χ0v) is 20.8.